The third-order valence-corrected chi connectivity index (χ3v) is 3.93. The molecular weight excluding hydrogens is 316 g/mol. The predicted octanol–water partition coefficient (Wildman–Crippen LogP) is 6.45. The fourth-order valence-corrected chi connectivity index (χ4v) is 2.54. The summed E-state index contributed by atoms with van der Waals surface area (Å²) in [5.41, 5.74) is 5.40. The Morgan fingerprint density at radius 3 is 2.08 bits per heavy atom. The fraction of sp³-hybridized carbons (Fsp3) is 0. The first kappa shape index (κ1) is 17.0. The van der Waals surface area contributed by atoms with E-state index in [1.807, 2.05) is 91.0 Å². The van der Waals surface area contributed by atoms with Crippen LogP contribution in [0.15, 0.2) is 72.8 Å². The maximum Gasteiger partial charge on any atom is 0.194 e. The molecule has 122 valence electrons. The lowest BCUT2D eigenvalue weighted by Crippen LogP contribution is -1.78. The molecule has 2 heteroatoms. The molecule has 0 saturated carbocycles. The van der Waals surface area contributed by atoms with E-state index >= 15 is 0 Å². The van der Waals surface area contributed by atoms with Gasteiger partial charge in [0, 0.05) is 0 Å². The van der Waals surface area contributed by atoms with Crippen molar-refractivity contribution in [2.45, 2.75) is 0 Å². The Morgan fingerprint density at radius 1 is 0.731 bits per heavy atom. The van der Waals surface area contributed by atoms with Crippen LogP contribution < -0.4 is 0 Å². The number of rotatable bonds is 4. The van der Waals surface area contributed by atoms with Crippen molar-refractivity contribution in [1.82, 2.24) is 0 Å². The first-order valence-corrected chi connectivity index (χ1v) is 8.21. The number of para-hydroxylation sites is 1. The van der Waals surface area contributed by atoms with Crippen LogP contribution >= 0.6 is 0 Å². The summed E-state index contributed by atoms with van der Waals surface area (Å²) in [7, 11) is 0. The molecule has 0 N–H and O–H groups in total. The third kappa shape index (κ3) is 4.35. The van der Waals surface area contributed by atoms with E-state index in [2.05, 4.69) is 10.9 Å². The van der Waals surface area contributed by atoms with Crippen molar-refractivity contribution >= 4 is 30.0 Å². The number of hydrogen-bond acceptors (Lipinski definition) is 1. The lowest BCUT2D eigenvalue weighted by molar-refractivity contribution is 1.48. The molecule has 2 nitrogen and oxygen atoms in total. The molecule has 0 aliphatic carbocycles. The van der Waals surface area contributed by atoms with Gasteiger partial charge in [-0.1, -0.05) is 85.0 Å². The van der Waals surface area contributed by atoms with Crippen LogP contribution in [0, 0.1) is 17.9 Å². The van der Waals surface area contributed by atoms with Crippen molar-refractivity contribution < 1.29 is 0 Å². The standard InChI is InChI=1S/C24H16N2/c1-26-24-8-3-2-7-23(24)16-15-20-11-9-19(10-12-20)13-14-21-5-4-6-22(17-21)18-25/h2-17H/b14-13+,16-15+. The lowest BCUT2D eigenvalue weighted by Gasteiger charge is -1.99. The highest BCUT2D eigenvalue weighted by molar-refractivity contribution is 5.77. The zero-order valence-electron chi connectivity index (χ0n) is 14.1. The van der Waals surface area contributed by atoms with E-state index < -0.39 is 0 Å². The second-order valence-corrected chi connectivity index (χ2v) is 5.74. The molecule has 0 bridgehead atoms. The van der Waals surface area contributed by atoms with E-state index in [0.29, 0.717) is 11.3 Å². The minimum atomic E-state index is 0.655. The van der Waals surface area contributed by atoms with E-state index in [1.54, 1.807) is 6.07 Å². The molecule has 3 aromatic carbocycles. The van der Waals surface area contributed by atoms with E-state index in [-0.39, 0.29) is 0 Å². The van der Waals surface area contributed by atoms with E-state index in [1.165, 1.54) is 0 Å². The van der Waals surface area contributed by atoms with Crippen molar-refractivity contribution in [2.24, 2.45) is 0 Å². The van der Waals surface area contributed by atoms with Gasteiger partial charge in [-0.15, -0.1) is 0 Å². The molecule has 0 atom stereocenters. The molecule has 0 amide bonds. The Kier molecular flexibility index (Phi) is 5.41. The Balaban J connectivity index is 1.72. The summed E-state index contributed by atoms with van der Waals surface area (Å²) in [6, 6.07) is 25.4. The number of benzene rings is 3. The zero-order chi connectivity index (χ0) is 18.2. The molecule has 0 radical (unpaired) electrons. The number of nitriles is 1. The Bertz CT molecular complexity index is 1040. The lowest BCUT2D eigenvalue weighted by atomic mass is 10.1. The van der Waals surface area contributed by atoms with Crippen molar-refractivity contribution in [3.8, 4) is 6.07 Å². The van der Waals surface area contributed by atoms with Gasteiger partial charge in [0.15, 0.2) is 5.69 Å². The van der Waals surface area contributed by atoms with Crippen LogP contribution in [0.5, 0.6) is 0 Å². The van der Waals surface area contributed by atoms with Gasteiger partial charge in [-0.2, -0.15) is 5.26 Å². The molecule has 0 spiro atoms. The molecule has 3 aromatic rings. The third-order valence-electron chi connectivity index (χ3n) is 3.93. The predicted molar refractivity (Wildman–Crippen MR) is 108 cm³/mol. The van der Waals surface area contributed by atoms with E-state index in [4.69, 9.17) is 11.8 Å². The molecule has 0 fully saturated rings. The summed E-state index contributed by atoms with van der Waals surface area (Å²) < 4.78 is 0. The number of nitrogens with zero attached hydrogens (tertiary/aromatic N) is 2. The molecule has 0 heterocycles. The van der Waals surface area contributed by atoms with Gasteiger partial charge < -0.3 is 0 Å². The minimum Gasteiger partial charge on any atom is -0.238 e. The highest BCUT2D eigenvalue weighted by Gasteiger charge is 1.96. The van der Waals surface area contributed by atoms with E-state index in [0.717, 1.165) is 22.3 Å². The SMILES string of the molecule is [C-]#[N+]c1ccccc1/C=C/c1ccc(/C=C/c2cccc(C#N)c2)cc1. The van der Waals surface area contributed by atoms with Crippen molar-refractivity contribution in [3.63, 3.8) is 0 Å². The summed E-state index contributed by atoms with van der Waals surface area (Å²) in [5.74, 6) is 0. The van der Waals surface area contributed by atoms with Crippen LogP contribution in [0.2, 0.25) is 0 Å². The van der Waals surface area contributed by atoms with Crippen LogP contribution in [0.4, 0.5) is 5.69 Å². The molecule has 26 heavy (non-hydrogen) atoms. The van der Waals surface area contributed by atoms with Gasteiger partial charge in [0.1, 0.15) is 0 Å². The van der Waals surface area contributed by atoms with Gasteiger partial charge in [-0.3, -0.25) is 0 Å². The molecular formula is C24H16N2. The van der Waals surface area contributed by atoms with Crippen LogP contribution in [-0.4, -0.2) is 0 Å². The Labute approximate surface area is 153 Å². The second kappa shape index (κ2) is 8.29. The van der Waals surface area contributed by atoms with Gasteiger partial charge in [-0.05, 0) is 34.4 Å². The average Bonchev–Trinajstić information content (AvgIpc) is 2.72. The highest BCUT2D eigenvalue weighted by Crippen LogP contribution is 2.21. The first-order valence-electron chi connectivity index (χ1n) is 8.21. The fourth-order valence-electron chi connectivity index (χ4n) is 2.54. The molecule has 0 unspecified atom stereocenters. The average molecular weight is 332 g/mol. The van der Waals surface area contributed by atoms with Crippen LogP contribution in [0.1, 0.15) is 27.8 Å². The van der Waals surface area contributed by atoms with Gasteiger partial charge in [-0.25, -0.2) is 4.85 Å². The minimum absolute atomic E-state index is 0.655. The van der Waals surface area contributed by atoms with Gasteiger partial charge in [0.05, 0.1) is 18.2 Å². The summed E-state index contributed by atoms with van der Waals surface area (Å²) >= 11 is 0. The highest BCUT2D eigenvalue weighted by atomic mass is 14.6. The topological polar surface area (TPSA) is 28.1 Å². The molecule has 0 saturated heterocycles. The second-order valence-electron chi connectivity index (χ2n) is 5.74. The Hall–Kier alpha value is -3.88. The summed E-state index contributed by atoms with van der Waals surface area (Å²) in [6.07, 6.45) is 8.00. The number of hydrogen-bond donors (Lipinski definition) is 0. The maximum atomic E-state index is 8.95. The monoisotopic (exact) mass is 332 g/mol. The summed E-state index contributed by atoms with van der Waals surface area (Å²) in [6.45, 7) is 7.20. The molecule has 3 rings (SSSR count). The van der Waals surface area contributed by atoms with Crippen LogP contribution in [0.25, 0.3) is 29.1 Å². The quantitative estimate of drug-likeness (QED) is 0.398. The Morgan fingerprint density at radius 2 is 1.38 bits per heavy atom. The normalized spacial score (nSPS) is 10.7. The van der Waals surface area contributed by atoms with Crippen LogP contribution in [-0.2, 0) is 0 Å². The van der Waals surface area contributed by atoms with Crippen molar-refractivity contribution in [3.05, 3.63) is 112 Å². The molecule has 0 aromatic heterocycles. The van der Waals surface area contributed by atoms with Crippen molar-refractivity contribution in [1.29, 1.82) is 5.26 Å². The first-order chi connectivity index (χ1) is 12.8. The van der Waals surface area contributed by atoms with Crippen LogP contribution in [0.3, 0.4) is 0 Å². The zero-order valence-corrected chi connectivity index (χ0v) is 14.1. The molecule has 0 aliphatic rings. The summed E-state index contributed by atoms with van der Waals surface area (Å²) in [5, 5.41) is 8.95. The molecule has 0 aliphatic heterocycles. The van der Waals surface area contributed by atoms with Gasteiger partial charge in [0.2, 0.25) is 0 Å². The van der Waals surface area contributed by atoms with E-state index in [9.17, 15) is 0 Å². The summed E-state index contributed by atoms with van der Waals surface area (Å²) in [4.78, 5) is 3.53. The van der Waals surface area contributed by atoms with Gasteiger partial charge >= 0.3 is 0 Å². The largest absolute Gasteiger partial charge is 0.238 e. The smallest absolute Gasteiger partial charge is 0.194 e. The maximum absolute atomic E-state index is 8.95. The van der Waals surface area contributed by atoms with Gasteiger partial charge in [0.25, 0.3) is 0 Å². The van der Waals surface area contributed by atoms with Crippen molar-refractivity contribution in [2.75, 3.05) is 0 Å².